The predicted octanol–water partition coefficient (Wildman–Crippen LogP) is 0.365. The summed E-state index contributed by atoms with van der Waals surface area (Å²) in [6.45, 7) is -0.0174. The number of nitrogens with two attached hydrogens (primary N) is 1. The minimum absolute atomic E-state index is 0.0174. The average Bonchev–Trinajstić information content (AvgIpc) is 2.28. The molecule has 0 saturated carbocycles. The molecule has 0 saturated heterocycles. The third-order valence-corrected chi connectivity index (χ3v) is 2.13. The van der Waals surface area contributed by atoms with Crippen LogP contribution >= 0.6 is 0 Å². The van der Waals surface area contributed by atoms with E-state index in [1.807, 2.05) is 0 Å². The van der Waals surface area contributed by atoms with Crippen molar-refractivity contribution in [1.29, 1.82) is 0 Å². The van der Waals surface area contributed by atoms with Crippen molar-refractivity contribution in [1.82, 2.24) is 0 Å². The minimum Gasteiger partial charge on any atom is -0.391 e. The fourth-order valence-corrected chi connectivity index (χ4v) is 1.34. The zero-order valence-electron chi connectivity index (χ0n) is 8.78. The number of aliphatic hydroxyl groups is 1. The van der Waals surface area contributed by atoms with E-state index in [0.29, 0.717) is 5.56 Å². The summed E-state index contributed by atoms with van der Waals surface area (Å²) < 4.78 is 0. The maximum atomic E-state index is 10.6. The largest absolute Gasteiger partial charge is 0.391 e. The van der Waals surface area contributed by atoms with Crippen molar-refractivity contribution in [2.24, 2.45) is 5.73 Å². The molecule has 1 atom stereocenters. The van der Waals surface area contributed by atoms with Crippen molar-refractivity contribution >= 4 is 11.4 Å². The van der Waals surface area contributed by atoms with Crippen molar-refractivity contribution in [3.63, 3.8) is 0 Å². The van der Waals surface area contributed by atoms with Gasteiger partial charge in [0.1, 0.15) is 0 Å². The molecule has 0 bridgehead atoms. The first-order chi connectivity index (χ1) is 7.93. The fourth-order valence-electron chi connectivity index (χ4n) is 1.34. The van der Waals surface area contributed by atoms with Crippen LogP contribution < -0.4 is 5.73 Å². The topological polar surface area (TPSA) is 133 Å². The quantitative estimate of drug-likeness (QED) is 0.565. The molecular weight excluding hydrogens is 230 g/mol. The van der Waals surface area contributed by atoms with Crippen LogP contribution in [-0.4, -0.2) is 27.6 Å². The SMILES string of the molecule is NCC(O)Cc1cc([N+](=O)[O-])cc([N+](=O)[O-])c1. The zero-order chi connectivity index (χ0) is 13.0. The molecule has 0 aromatic heterocycles. The van der Waals surface area contributed by atoms with Gasteiger partial charge in [0.2, 0.25) is 0 Å². The van der Waals surface area contributed by atoms with Crippen molar-refractivity contribution in [3.8, 4) is 0 Å². The van der Waals surface area contributed by atoms with Crippen LogP contribution in [0.5, 0.6) is 0 Å². The summed E-state index contributed by atoms with van der Waals surface area (Å²) >= 11 is 0. The van der Waals surface area contributed by atoms with E-state index >= 15 is 0 Å². The van der Waals surface area contributed by atoms with Gasteiger partial charge >= 0.3 is 0 Å². The molecule has 1 rings (SSSR count). The number of non-ortho nitro benzene ring substituents is 2. The zero-order valence-corrected chi connectivity index (χ0v) is 8.78. The van der Waals surface area contributed by atoms with Crippen LogP contribution in [0.3, 0.4) is 0 Å². The monoisotopic (exact) mass is 241 g/mol. The number of benzene rings is 1. The van der Waals surface area contributed by atoms with Gasteiger partial charge in [-0.05, 0) is 5.56 Å². The molecule has 0 aliphatic carbocycles. The molecule has 1 aromatic rings. The third-order valence-electron chi connectivity index (χ3n) is 2.13. The minimum atomic E-state index is -0.878. The van der Waals surface area contributed by atoms with Crippen LogP contribution in [0.15, 0.2) is 18.2 Å². The van der Waals surface area contributed by atoms with E-state index in [2.05, 4.69) is 0 Å². The highest BCUT2D eigenvalue weighted by atomic mass is 16.6. The summed E-state index contributed by atoms with van der Waals surface area (Å²) in [7, 11) is 0. The smallest absolute Gasteiger partial charge is 0.276 e. The Hall–Kier alpha value is -2.06. The summed E-state index contributed by atoms with van der Waals surface area (Å²) in [5.74, 6) is 0. The third kappa shape index (κ3) is 3.47. The lowest BCUT2D eigenvalue weighted by molar-refractivity contribution is -0.394. The fraction of sp³-hybridized carbons (Fsp3) is 0.333. The van der Waals surface area contributed by atoms with Crippen molar-refractivity contribution in [2.45, 2.75) is 12.5 Å². The van der Waals surface area contributed by atoms with Crippen LogP contribution in [0.25, 0.3) is 0 Å². The molecule has 0 aliphatic rings. The van der Waals surface area contributed by atoms with E-state index in [0.717, 1.165) is 6.07 Å². The van der Waals surface area contributed by atoms with Crippen molar-refractivity contribution in [2.75, 3.05) is 6.54 Å². The molecule has 0 heterocycles. The molecule has 0 fully saturated rings. The molecule has 92 valence electrons. The molecule has 1 unspecified atom stereocenters. The van der Waals surface area contributed by atoms with E-state index in [1.165, 1.54) is 12.1 Å². The van der Waals surface area contributed by atoms with Gasteiger partial charge in [0.25, 0.3) is 11.4 Å². The Balaban J connectivity index is 3.12. The van der Waals surface area contributed by atoms with Crippen LogP contribution in [0.2, 0.25) is 0 Å². The second-order valence-electron chi connectivity index (χ2n) is 3.47. The lowest BCUT2D eigenvalue weighted by Crippen LogP contribution is -2.22. The van der Waals surface area contributed by atoms with Gasteiger partial charge in [-0.1, -0.05) is 0 Å². The Kier molecular flexibility index (Phi) is 4.07. The maximum Gasteiger partial charge on any atom is 0.276 e. The summed E-state index contributed by atoms with van der Waals surface area (Å²) in [5.41, 5.74) is 4.75. The summed E-state index contributed by atoms with van der Waals surface area (Å²) in [5, 5.41) is 30.5. The molecule has 0 amide bonds. The highest BCUT2D eigenvalue weighted by molar-refractivity contribution is 5.46. The number of hydrogen-bond donors (Lipinski definition) is 2. The van der Waals surface area contributed by atoms with Crippen molar-refractivity contribution in [3.05, 3.63) is 44.0 Å². The standard InChI is InChI=1S/C9H11N3O5/c10-5-9(13)3-6-1-7(11(14)15)4-8(2-6)12(16)17/h1-2,4,9,13H,3,5,10H2. The van der Waals surface area contributed by atoms with Gasteiger partial charge < -0.3 is 10.8 Å². The van der Waals surface area contributed by atoms with Gasteiger partial charge in [0.05, 0.1) is 22.0 Å². The molecule has 0 radical (unpaired) electrons. The highest BCUT2D eigenvalue weighted by Crippen LogP contribution is 2.23. The van der Waals surface area contributed by atoms with Gasteiger partial charge in [0.15, 0.2) is 0 Å². The van der Waals surface area contributed by atoms with E-state index in [9.17, 15) is 25.3 Å². The van der Waals surface area contributed by atoms with Crippen LogP contribution in [0.1, 0.15) is 5.56 Å². The normalized spacial score (nSPS) is 12.1. The number of nitro benzene ring substituents is 2. The van der Waals surface area contributed by atoms with Gasteiger partial charge in [-0.15, -0.1) is 0 Å². The Morgan fingerprint density at radius 2 is 1.65 bits per heavy atom. The van der Waals surface area contributed by atoms with Gasteiger partial charge in [0, 0.05) is 25.1 Å². The highest BCUT2D eigenvalue weighted by Gasteiger charge is 2.17. The Morgan fingerprint density at radius 1 is 1.18 bits per heavy atom. The van der Waals surface area contributed by atoms with Crippen molar-refractivity contribution < 1.29 is 15.0 Å². The lowest BCUT2D eigenvalue weighted by atomic mass is 10.1. The molecule has 0 aliphatic heterocycles. The van der Waals surface area contributed by atoms with Gasteiger partial charge in [-0.3, -0.25) is 20.2 Å². The van der Waals surface area contributed by atoms with Gasteiger partial charge in [-0.2, -0.15) is 0 Å². The average molecular weight is 241 g/mol. The number of aliphatic hydroxyl groups excluding tert-OH is 1. The van der Waals surface area contributed by atoms with E-state index in [4.69, 9.17) is 5.73 Å². The number of nitro groups is 2. The molecule has 0 spiro atoms. The van der Waals surface area contributed by atoms with Crippen LogP contribution in [0, 0.1) is 20.2 Å². The Bertz CT molecular complexity index is 416. The van der Waals surface area contributed by atoms with Crippen LogP contribution in [-0.2, 0) is 6.42 Å². The predicted molar refractivity (Wildman–Crippen MR) is 58.5 cm³/mol. The van der Waals surface area contributed by atoms with E-state index < -0.39 is 16.0 Å². The first kappa shape index (κ1) is 13.0. The molecule has 17 heavy (non-hydrogen) atoms. The second kappa shape index (κ2) is 5.32. The number of nitrogens with zero attached hydrogens (tertiary/aromatic N) is 2. The molecule has 1 aromatic carbocycles. The Morgan fingerprint density at radius 3 is 2.00 bits per heavy atom. The number of rotatable bonds is 5. The van der Waals surface area contributed by atoms with E-state index in [1.54, 1.807) is 0 Å². The summed E-state index contributed by atoms with van der Waals surface area (Å²) in [4.78, 5) is 19.7. The van der Waals surface area contributed by atoms with Crippen LogP contribution in [0.4, 0.5) is 11.4 Å². The molecule has 3 N–H and O–H groups in total. The molecule has 8 heteroatoms. The maximum absolute atomic E-state index is 10.6. The first-order valence-corrected chi connectivity index (χ1v) is 4.75. The van der Waals surface area contributed by atoms with Gasteiger partial charge in [-0.25, -0.2) is 0 Å². The molecular formula is C9H11N3O5. The number of hydrogen-bond acceptors (Lipinski definition) is 6. The second-order valence-corrected chi connectivity index (χ2v) is 3.47. The Labute approximate surface area is 96.0 Å². The molecule has 8 nitrogen and oxygen atoms in total. The van der Waals surface area contributed by atoms with E-state index in [-0.39, 0.29) is 24.3 Å². The lowest BCUT2D eigenvalue weighted by Gasteiger charge is -2.07. The summed E-state index contributed by atoms with van der Waals surface area (Å²) in [6.07, 6.45) is -0.837. The summed E-state index contributed by atoms with van der Waals surface area (Å²) in [6, 6.07) is 3.25. The first-order valence-electron chi connectivity index (χ1n) is 4.75.